The van der Waals surface area contributed by atoms with E-state index in [1.54, 1.807) is 0 Å². The van der Waals surface area contributed by atoms with Crippen molar-refractivity contribution >= 4 is 17.7 Å². The summed E-state index contributed by atoms with van der Waals surface area (Å²) in [4.78, 5) is 10.9. The van der Waals surface area contributed by atoms with Crippen LogP contribution in [0.2, 0.25) is 0 Å². The first-order valence-electron chi connectivity index (χ1n) is 6.31. The Morgan fingerprint density at radius 2 is 2.24 bits per heavy atom. The Bertz CT molecular complexity index is 276. The number of hydrogen-bond donors (Lipinski definition) is 1. The van der Waals surface area contributed by atoms with E-state index in [2.05, 4.69) is 0 Å². The van der Waals surface area contributed by atoms with E-state index in [0.717, 1.165) is 12.8 Å². The minimum atomic E-state index is -0.730. The van der Waals surface area contributed by atoms with Gasteiger partial charge in [-0.1, -0.05) is 6.92 Å². The zero-order chi connectivity index (χ0) is 12.3. The number of rotatable bonds is 5. The van der Waals surface area contributed by atoms with Gasteiger partial charge in [0.1, 0.15) is 5.25 Å². The van der Waals surface area contributed by atoms with Gasteiger partial charge in [0.15, 0.2) is 5.79 Å². The lowest BCUT2D eigenvalue weighted by Gasteiger charge is -2.22. The van der Waals surface area contributed by atoms with Gasteiger partial charge in [-0.25, -0.2) is 0 Å². The molecule has 5 heteroatoms. The molecule has 0 aromatic heterocycles. The van der Waals surface area contributed by atoms with E-state index in [1.165, 1.54) is 24.6 Å². The molecule has 0 aromatic rings. The predicted molar refractivity (Wildman–Crippen MR) is 66.2 cm³/mol. The van der Waals surface area contributed by atoms with Crippen LogP contribution in [0.4, 0.5) is 0 Å². The molecule has 2 unspecified atom stereocenters. The predicted octanol–water partition coefficient (Wildman–Crippen LogP) is 2.27. The Balaban J connectivity index is 1.76. The Hall–Kier alpha value is -0.260. The van der Waals surface area contributed by atoms with Gasteiger partial charge in [-0.2, -0.15) is 0 Å². The fraction of sp³-hybridized carbons (Fsp3) is 0.917. The van der Waals surface area contributed by atoms with Crippen molar-refractivity contribution in [1.29, 1.82) is 0 Å². The number of hydrogen-bond acceptors (Lipinski definition) is 4. The number of carboxylic acids is 1. The molecule has 1 N–H and O–H groups in total. The molecule has 2 aliphatic rings. The van der Waals surface area contributed by atoms with Gasteiger partial charge in [0.05, 0.1) is 12.7 Å². The van der Waals surface area contributed by atoms with Gasteiger partial charge < -0.3 is 14.6 Å². The van der Waals surface area contributed by atoms with Crippen molar-refractivity contribution in [2.24, 2.45) is 0 Å². The molecule has 1 heterocycles. The molecule has 0 bridgehead atoms. The zero-order valence-corrected chi connectivity index (χ0v) is 11.0. The summed E-state index contributed by atoms with van der Waals surface area (Å²) in [6.07, 6.45) is 5.04. The summed E-state index contributed by atoms with van der Waals surface area (Å²) in [5, 5.41) is 8.64. The van der Waals surface area contributed by atoms with E-state index >= 15 is 0 Å². The Morgan fingerprint density at radius 1 is 1.53 bits per heavy atom. The Kier molecular flexibility index (Phi) is 4.33. The van der Waals surface area contributed by atoms with Crippen LogP contribution in [0.3, 0.4) is 0 Å². The Morgan fingerprint density at radius 3 is 2.82 bits per heavy atom. The highest BCUT2D eigenvalue weighted by Gasteiger charge is 2.43. The first kappa shape index (κ1) is 13.2. The first-order chi connectivity index (χ1) is 8.15. The van der Waals surface area contributed by atoms with Crippen molar-refractivity contribution in [1.82, 2.24) is 0 Å². The van der Waals surface area contributed by atoms with Crippen LogP contribution in [-0.4, -0.2) is 40.6 Å². The third kappa shape index (κ3) is 3.14. The molecule has 1 aliphatic carbocycles. The molecular formula is C12H20O4S. The van der Waals surface area contributed by atoms with E-state index in [9.17, 15) is 4.79 Å². The van der Waals surface area contributed by atoms with Crippen LogP contribution in [0.15, 0.2) is 0 Å². The monoisotopic (exact) mass is 260 g/mol. The molecule has 0 amide bonds. The summed E-state index contributed by atoms with van der Waals surface area (Å²) in [5.41, 5.74) is 0. The molecular weight excluding hydrogens is 240 g/mol. The van der Waals surface area contributed by atoms with Crippen molar-refractivity contribution in [3.63, 3.8) is 0 Å². The van der Waals surface area contributed by atoms with Gasteiger partial charge in [-0.3, -0.25) is 4.79 Å². The molecule has 2 rings (SSSR count). The van der Waals surface area contributed by atoms with Crippen LogP contribution in [0.25, 0.3) is 0 Å². The average molecular weight is 260 g/mol. The lowest BCUT2D eigenvalue weighted by molar-refractivity contribution is -0.159. The van der Waals surface area contributed by atoms with Gasteiger partial charge in [0.2, 0.25) is 0 Å². The molecule has 2 fully saturated rings. The second-order valence-electron chi connectivity index (χ2n) is 4.74. The summed E-state index contributed by atoms with van der Waals surface area (Å²) in [7, 11) is 0. The fourth-order valence-electron chi connectivity index (χ4n) is 2.46. The maximum Gasteiger partial charge on any atom is 0.316 e. The highest BCUT2D eigenvalue weighted by atomic mass is 32.2. The van der Waals surface area contributed by atoms with Gasteiger partial charge >= 0.3 is 5.97 Å². The molecule has 98 valence electrons. The third-order valence-electron chi connectivity index (χ3n) is 3.41. The second-order valence-corrected chi connectivity index (χ2v) is 5.97. The topological polar surface area (TPSA) is 55.8 Å². The average Bonchev–Trinajstić information content (AvgIpc) is 2.91. The van der Waals surface area contributed by atoms with Gasteiger partial charge in [-0.05, 0) is 19.3 Å². The van der Waals surface area contributed by atoms with E-state index in [-0.39, 0.29) is 17.1 Å². The van der Waals surface area contributed by atoms with E-state index < -0.39 is 5.97 Å². The molecule has 1 saturated heterocycles. The fourth-order valence-corrected chi connectivity index (χ4v) is 3.45. The third-order valence-corrected chi connectivity index (χ3v) is 4.91. The van der Waals surface area contributed by atoms with Crippen molar-refractivity contribution in [2.45, 2.75) is 56.2 Å². The SMILES string of the molecule is CCC(SCC1COC2(CCCC2)O1)C(=O)O. The summed E-state index contributed by atoms with van der Waals surface area (Å²) in [6, 6.07) is 0. The van der Waals surface area contributed by atoms with Crippen molar-refractivity contribution in [3.05, 3.63) is 0 Å². The van der Waals surface area contributed by atoms with Crippen LogP contribution < -0.4 is 0 Å². The number of aliphatic carboxylic acids is 1. The second kappa shape index (κ2) is 5.59. The molecule has 0 radical (unpaired) electrons. The van der Waals surface area contributed by atoms with Crippen molar-refractivity contribution in [3.8, 4) is 0 Å². The van der Waals surface area contributed by atoms with Crippen LogP contribution in [0.1, 0.15) is 39.0 Å². The van der Waals surface area contributed by atoms with Crippen LogP contribution in [0.5, 0.6) is 0 Å². The standard InChI is InChI=1S/C12H20O4S/c1-2-10(11(13)14)17-8-9-7-15-12(16-9)5-3-4-6-12/h9-10H,2-8H2,1H3,(H,13,14). The van der Waals surface area contributed by atoms with E-state index in [1.807, 2.05) is 6.92 Å². The van der Waals surface area contributed by atoms with E-state index in [4.69, 9.17) is 14.6 Å². The normalized spacial score (nSPS) is 28.6. The lowest BCUT2D eigenvalue weighted by Crippen LogP contribution is -2.27. The number of thioether (sulfide) groups is 1. The van der Waals surface area contributed by atoms with Gasteiger partial charge in [0.25, 0.3) is 0 Å². The molecule has 0 aromatic carbocycles. The van der Waals surface area contributed by atoms with Gasteiger partial charge in [0, 0.05) is 18.6 Å². The minimum absolute atomic E-state index is 0.0616. The van der Waals surface area contributed by atoms with E-state index in [0.29, 0.717) is 18.8 Å². The lowest BCUT2D eigenvalue weighted by atomic mass is 10.2. The summed E-state index contributed by atoms with van der Waals surface area (Å²) < 4.78 is 11.7. The summed E-state index contributed by atoms with van der Waals surface area (Å²) in [6.45, 7) is 2.51. The van der Waals surface area contributed by atoms with Crippen molar-refractivity contribution in [2.75, 3.05) is 12.4 Å². The molecule has 1 aliphatic heterocycles. The number of carbonyl (C=O) groups is 1. The molecule has 17 heavy (non-hydrogen) atoms. The smallest absolute Gasteiger partial charge is 0.316 e. The largest absolute Gasteiger partial charge is 0.480 e. The maximum absolute atomic E-state index is 10.9. The summed E-state index contributed by atoms with van der Waals surface area (Å²) in [5.74, 6) is -0.338. The molecule has 1 spiro atoms. The van der Waals surface area contributed by atoms with Crippen LogP contribution >= 0.6 is 11.8 Å². The number of carboxylic acid groups (broad SMARTS) is 1. The maximum atomic E-state index is 10.9. The highest BCUT2D eigenvalue weighted by molar-refractivity contribution is 8.00. The highest BCUT2D eigenvalue weighted by Crippen LogP contribution is 2.40. The van der Waals surface area contributed by atoms with Crippen molar-refractivity contribution < 1.29 is 19.4 Å². The Labute approximate surface area is 106 Å². The van der Waals surface area contributed by atoms with Crippen LogP contribution in [-0.2, 0) is 14.3 Å². The summed E-state index contributed by atoms with van der Waals surface area (Å²) >= 11 is 1.46. The van der Waals surface area contributed by atoms with Crippen LogP contribution in [0, 0.1) is 0 Å². The molecule has 4 nitrogen and oxygen atoms in total. The van der Waals surface area contributed by atoms with Gasteiger partial charge in [-0.15, -0.1) is 11.8 Å². The molecule has 1 saturated carbocycles. The molecule has 2 atom stereocenters. The zero-order valence-electron chi connectivity index (χ0n) is 10.2. The quantitative estimate of drug-likeness (QED) is 0.821. The first-order valence-corrected chi connectivity index (χ1v) is 7.36. The number of ether oxygens (including phenoxy) is 2. The minimum Gasteiger partial charge on any atom is -0.480 e.